The molecule has 10 aromatic rings. The van der Waals surface area contributed by atoms with E-state index in [9.17, 15) is 1.37 Å². The standard InChI is InChI=1S/C45H28N4O/c1-3-14-29(15-4-1)43-46-44(30-16-5-2-6-17-30)48-45(47-43)31-26-27-40(49-38-23-10-7-18-32(38)33-19-8-11-24-39(33)49)37(28-31)36-22-13-21-35-34-20-9-12-25-41(34)50-42(35)36/h1-28H/i7D,8D,9D,12D,13D,18D,19D,20D,21D,22D,23D,24D,25D. The van der Waals surface area contributed by atoms with Crippen LogP contribution in [0.5, 0.6) is 0 Å². The number of fused-ring (bicyclic) bond motifs is 6. The number of rotatable bonds is 5. The Bertz CT molecular complexity index is 3480. The van der Waals surface area contributed by atoms with Gasteiger partial charge in [0.15, 0.2) is 17.5 Å². The van der Waals surface area contributed by atoms with E-state index in [2.05, 4.69) is 0 Å². The van der Waals surface area contributed by atoms with Gasteiger partial charge in [-0.1, -0.05) is 133 Å². The Morgan fingerprint density at radius 1 is 0.460 bits per heavy atom. The molecule has 0 aliphatic heterocycles. The zero-order valence-electron chi connectivity index (χ0n) is 38.9. The highest BCUT2D eigenvalue weighted by molar-refractivity contribution is 6.12. The highest BCUT2D eigenvalue weighted by Gasteiger charge is 2.21. The Morgan fingerprint density at radius 3 is 1.70 bits per heavy atom. The van der Waals surface area contributed by atoms with Gasteiger partial charge >= 0.3 is 0 Å². The van der Waals surface area contributed by atoms with Gasteiger partial charge in [-0.15, -0.1) is 0 Å². The first kappa shape index (κ1) is 18.1. The van der Waals surface area contributed by atoms with Crippen LogP contribution in [0.3, 0.4) is 0 Å². The molecule has 0 unspecified atom stereocenters. The SMILES string of the molecule is [2H]c1cc([2H])c2c(c1[2H])c1c([2H])c([2H])cc([2H])c1n2-c1ccc(-c2nc(-c3ccccc3)nc(-c3ccccc3)n2)cc1-c1c([2H])c([2H])c([2H])c2c1oc1c([2H])c([2H])c([2H])c([2H])c12. The minimum atomic E-state index is -0.592. The maximum absolute atomic E-state index is 9.48. The van der Waals surface area contributed by atoms with Gasteiger partial charge in [-0.05, 0) is 36.3 Å². The van der Waals surface area contributed by atoms with Crippen LogP contribution in [0.4, 0.5) is 0 Å². The zero-order chi connectivity index (χ0) is 44.3. The molecule has 0 N–H and O–H groups in total. The van der Waals surface area contributed by atoms with Gasteiger partial charge in [0.25, 0.3) is 0 Å². The summed E-state index contributed by atoms with van der Waals surface area (Å²) in [6.07, 6.45) is 0. The van der Waals surface area contributed by atoms with E-state index in [0.29, 0.717) is 28.3 Å². The molecule has 0 aliphatic carbocycles. The largest absolute Gasteiger partial charge is 0.455 e. The van der Waals surface area contributed by atoms with E-state index >= 15 is 0 Å². The molecular formula is C45H28N4O. The normalized spacial score (nSPS) is 15.2. The van der Waals surface area contributed by atoms with Gasteiger partial charge in [0.05, 0.1) is 34.5 Å². The number of furan rings is 1. The summed E-state index contributed by atoms with van der Waals surface area (Å²) < 4.78 is 123. The van der Waals surface area contributed by atoms with E-state index in [1.807, 2.05) is 60.7 Å². The topological polar surface area (TPSA) is 56.7 Å². The molecule has 234 valence electrons. The van der Waals surface area contributed by atoms with Crippen LogP contribution < -0.4 is 0 Å². The highest BCUT2D eigenvalue weighted by atomic mass is 16.3. The highest BCUT2D eigenvalue weighted by Crippen LogP contribution is 2.42. The summed E-state index contributed by atoms with van der Waals surface area (Å²) in [5, 5.41) is -0.345. The van der Waals surface area contributed by atoms with Crippen molar-refractivity contribution >= 4 is 43.7 Å². The first-order valence-corrected chi connectivity index (χ1v) is 15.6. The summed E-state index contributed by atoms with van der Waals surface area (Å²) in [6.45, 7) is 0. The third-order valence-electron chi connectivity index (χ3n) is 8.53. The average Bonchev–Trinajstić information content (AvgIpc) is 3.87. The molecule has 7 aromatic carbocycles. The predicted molar refractivity (Wildman–Crippen MR) is 203 cm³/mol. The number of hydrogen-bond acceptors (Lipinski definition) is 4. The molecule has 0 atom stereocenters. The van der Waals surface area contributed by atoms with Crippen molar-refractivity contribution in [1.29, 1.82) is 0 Å². The van der Waals surface area contributed by atoms with Crippen molar-refractivity contribution in [3.05, 3.63) is 170 Å². The molecule has 0 aliphatic rings. The van der Waals surface area contributed by atoms with Crippen LogP contribution in [0.2, 0.25) is 0 Å². The molecule has 0 bridgehead atoms. The summed E-state index contributed by atoms with van der Waals surface area (Å²) in [5.41, 5.74) is 1.32. The Kier molecular flexibility index (Phi) is 4.12. The molecule has 3 heterocycles. The van der Waals surface area contributed by atoms with Crippen molar-refractivity contribution in [2.75, 3.05) is 0 Å². The lowest BCUT2D eigenvalue weighted by molar-refractivity contribution is 0.670. The summed E-state index contributed by atoms with van der Waals surface area (Å²) >= 11 is 0. The van der Waals surface area contributed by atoms with Crippen LogP contribution >= 0.6 is 0 Å². The monoisotopic (exact) mass is 653 g/mol. The smallest absolute Gasteiger partial charge is 0.164 e. The lowest BCUT2D eigenvalue weighted by Crippen LogP contribution is -2.02. The summed E-state index contributed by atoms with van der Waals surface area (Å²) in [7, 11) is 0. The number of nitrogens with zero attached hydrogens (tertiary/aromatic N) is 4. The van der Waals surface area contributed by atoms with E-state index in [1.165, 1.54) is 4.57 Å². The van der Waals surface area contributed by atoms with Gasteiger partial charge in [-0.3, -0.25) is 0 Å². The van der Waals surface area contributed by atoms with Crippen LogP contribution in [0, 0.1) is 0 Å². The Balaban J connectivity index is 1.40. The van der Waals surface area contributed by atoms with Crippen molar-refractivity contribution in [2.24, 2.45) is 0 Å². The molecule has 5 nitrogen and oxygen atoms in total. The third-order valence-corrected chi connectivity index (χ3v) is 8.53. The van der Waals surface area contributed by atoms with Crippen LogP contribution in [-0.4, -0.2) is 19.5 Å². The molecule has 50 heavy (non-hydrogen) atoms. The number of para-hydroxylation sites is 4. The molecule has 0 amide bonds. The van der Waals surface area contributed by atoms with Crippen molar-refractivity contribution in [1.82, 2.24) is 19.5 Å². The Labute approximate surface area is 306 Å². The summed E-state index contributed by atoms with van der Waals surface area (Å²) in [4.78, 5) is 14.6. The number of hydrogen-bond donors (Lipinski definition) is 0. The van der Waals surface area contributed by atoms with Crippen molar-refractivity contribution in [3.8, 4) is 51.0 Å². The number of aromatic nitrogens is 4. The second kappa shape index (κ2) is 11.4. The molecule has 0 radical (unpaired) electrons. The van der Waals surface area contributed by atoms with E-state index in [1.54, 1.807) is 18.2 Å². The lowest BCUT2D eigenvalue weighted by atomic mass is 9.98. The molecular weight excluding hydrogens is 613 g/mol. The van der Waals surface area contributed by atoms with Gasteiger partial charge in [0, 0.05) is 49.4 Å². The van der Waals surface area contributed by atoms with Crippen molar-refractivity contribution in [3.63, 3.8) is 0 Å². The fourth-order valence-corrected chi connectivity index (χ4v) is 6.28. The molecule has 10 rings (SSSR count). The van der Waals surface area contributed by atoms with E-state index in [0.717, 1.165) is 12.1 Å². The van der Waals surface area contributed by atoms with Crippen LogP contribution in [0.15, 0.2) is 174 Å². The fraction of sp³-hybridized carbons (Fsp3) is 0. The van der Waals surface area contributed by atoms with Crippen LogP contribution in [-0.2, 0) is 0 Å². The van der Waals surface area contributed by atoms with Gasteiger partial charge < -0.3 is 8.98 Å². The molecule has 5 heteroatoms. The second-order valence-corrected chi connectivity index (χ2v) is 11.4. The molecule has 0 spiro atoms. The van der Waals surface area contributed by atoms with Gasteiger partial charge in [-0.2, -0.15) is 0 Å². The molecule has 0 fully saturated rings. The first-order valence-electron chi connectivity index (χ1n) is 22.1. The third kappa shape index (κ3) is 4.52. The maximum atomic E-state index is 9.48. The van der Waals surface area contributed by atoms with Gasteiger partial charge in [0.1, 0.15) is 11.2 Å². The maximum Gasteiger partial charge on any atom is 0.164 e. The first-order chi connectivity index (χ1) is 30.2. The van der Waals surface area contributed by atoms with Crippen LogP contribution in [0.25, 0.3) is 94.7 Å². The van der Waals surface area contributed by atoms with Crippen molar-refractivity contribution < 1.29 is 22.2 Å². The molecule has 0 saturated carbocycles. The molecule has 0 saturated heterocycles. The minimum absolute atomic E-state index is 0.0145. The predicted octanol–water partition coefficient (Wildman–Crippen LogP) is 11.5. The fourth-order valence-electron chi connectivity index (χ4n) is 6.28. The summed E-state index contributed by atoms with van der Waals surface area (Å²) in [6, 6.07) is 20.0. The zero-order valence-corrected chi connectivity index (χ0v) is 25.9. The average molecular weight is 654 g/mol. The van der Waals surface area contributed by atoms with E-state index < -0.39 is 42.3 Å². The van der Waals surface area contributed by atoms with Crippen LogP contribution in [0.1, 0.15) is 17.8 Å². The Hall–Kier alpha value is -6.85. The summed E-state index contributed by atoms with van der Waals surface area (Å²) in [5.74, 6) is 0.851. The number of benzene rings is 7. The van der Waals surface area contributed by atoms with Gasteiger partial charge in [-0.25, -0.2) is 15.0 Å². The van der Waals surface area contributed by atoms with Crippen molar-refractivity contribution in [2.45, 2.75) is 0 Å². The molecule has 3 aromatic heterocycles. The van der Waals surface area contributed by atoms with E-state index in [-0.39, 0.29) is 103 Å². The van der Waals surface area contributed by atoms with Gasteiger partial charge in [0.2, 0.25) is 0 Å². The minimum Gasteiger partial charge on any atom is -0.455 e. The second-order valence-electron chi connectivity index (χ2n) is 11.4. The Morgan fingerprint density at radius 2 is 1.04 bits per heavy atom. The van der Waals surface area contributed by atoms with E-state index in [4.69, 9.17) is 35.8 Å². The quantitative estimate of drug-likeness (QED) is 0.185. The lowest BCUT2D eigenvalue weighted by Gasteiger charge is -2.16.